The third-order valence-corrected chi connectivity index (χ3v) is 1.11. The van der Waals surface area contributed by atoms with Gasteiger partial charge in [0.1, 0.15) is 5.75 Å². The fourth-order valence-electron chi connectivity index (χ4n) is 0.603. The Hall–Kier alpha value is -1.12. The van der Waals surface area contributed by atoms with Crippen LogP contribution in [0.15, 0.2) is 18.3 Å². The SMILES string of the molecule is Cc1ccc(OCF)cn1. The van der Waals surface area contributed by atoms with Crippen LogP contribution in [-0.4, -0.2) is 11.8 Å². The Bertz CT molecular complexity index is 197. The zero-order valence-corrected chi connectivity index (χ0v) is 5.67. The molecule has 1 aromatic heterocycles. The molecule has 10 heavy (non-hydrogen) atoms. The summed E-state index contributed by atoms with van der Waals surface area (Å²) in [6.45, 7) is 1.06. The van der Waals surface area contributed by atoms with Crippen LogP contribution >= 0.6 is 0 Å². The van der Waals surface area contributed by atoms with Gasteiger partial charge in [0, 0.05) is 5.69 Å². The molecule has 2 nitrogen and oxygen atoms in total. The summed E-state index contributed by atoms with van der Waals surface area (Å²) in [5, 5.41) is 0. The van der Waals surface area contributed by atoms with Crippen molar-refractivity contribution in [1.82, 2.24) is 4.98 Å². The van der Waals surface area contributed by atoms with Crippen molar-refractivity contribution in [3.63, 3.8) is 0 Å². The highest BCUT2D eigenvalue weighted by atomic mass is 19.1. The van der Waals surface area contributed by atoms with E-state index in [-0.39, 0.29) is 0 Å². The van der Waals surface area contributed by atoms with E-state index in [9.17, 15) is 4.39 Å². The van der Waals surface area contributed by atoms with Crippen LogP contribution in [0.1, 0.15) is 5.69 Å². The van der Waals surface area contributed by atoms with Gasteiger partial charge in [0.15, 0.2) is 0 Å². The van der Waals surface area contributed by atoms with E-state index in [1.54, 1.807) is 12.1 Å². The van der Waals surface area contributed by atoms with Gasteiger partial charge in [-0.15, -0.1) is 0 Å². The highest BCUT2D eigenvalue weighted by Crippen LogP contribution is 2.07. The summed E-state index contributed by atoms with van der Waals surface area (Å²) in [4.78, 5) is 3.91. The lowest BCUT2D eigenvalue weighted by atomic mass is 10.4. The Balaban J connectivity index is 2.69. The molecule has 0 atom stereocenters. The number of pyridine rings is 1. The van der Waals surface area contributed by atoms with Gasteiger partial charge in [0.05, 0.1) is 6.20 Å². The predicted molar refractivity (Wildman–Crippen MR) is 35.6 cm³/mol. The quantitative estimate of drug-likeness (QED) is 0.625. The van der Waals surface area contributed by atoms with Gasteiger partial charge in [0.25, 0.3) is 0 Å². The first-order chi connectivity index (χ1) is 4.83. The largest absolute Gasteiger partial charge is 0.461 e. The number of rotatable bonds is 2. The Morgan fingerprint density at radius 3 is 2.90 bits per heavy atom. The van der Waals surface area contributed by atoms with E-state index in [1.165, 1.54) is 6.20 Å². The lowest BCUT2D eigenvalue weighted by Crippen LogP contribution is -1.90. The second kappa shape index (κ2) is 3.15. The van der Waals surface area contributed by atoms with Crippen LogP contribution < -0.4 is 4.74 Å². The van der Waals surface area contributed by atoms with Crippen molar-refractivity contribution in [1.29, 1.82) is 0 Å². The van der Waals surface area contributed by atoms with Gasteiger partial charge >= 0.3 is 0 Å². The molecule has 0 amide bonds. The first-order valence-electron chi connectivity index (χ1n) is 2.94. The minimum Gasteiger partial charge on any atom is -0.461 e. The average molecular weight is 141 g/mol. The van der Waals surface area contributed by atoms with E-state index in [2.05, 4.69) is 9.72 Å². The van der Waals surface area contributed by atoms with Crippen LogP contribution in [-0.2, 0) is 0 Å². The number of aromatic nitrogens is 1. The minimum atomic E-state index is -0.801. The molecule has 0 radical (unpaired) electrons. The Morgan fingerprint density at radius 1 is 1.60 bits per heavy atom. The lowest BCUT2D eigenvalue weighted by Gasteiger charge is -1.98. The van der Waals surface area contributed by atoms with Gasteiger partial charge in [-0.2, -0.15) is 0 Å². The highest BCUT2D eigenvalue weighted by molar-refractivity contribution is 5.18. The summed E-state index contributed by atoms with van der Waals surface area (Å²) in [5.74, 6) is 0.466. The van der Waals surface area contributed by atoms with E-state index in [1.807, 2.05) is 6.92 Å². The van der Waals surface area contributed by atoms with Crippen LogP contribution in [0.4, 0.5) is 4.39 Å². The lowest BCUT2D eigenvalue weighted by molar-refractivity contribution is 0.191. The second-order valence-corrected chi connectivity index (χ2v) is 1.89. The van der Waals surface area contributed by atoms with Crippen LogP contribution in [0.3, 0.4) is 0 Å². The fraction of sp³-hybridized carbons (Fsp3) is 0.286. The molecule has 0 spiro atoms. The summed E-state index contributed by atoms with van der Waals surface area (Å²) in [6, 6.07) is 3.45. The molecule has 3 heteroatoms. The van der Waals surface area contributed by atoms with Gasteiger partial charge < -0.3 is 4.74 Å². The summed E-state index contributed by atoms with van der Waals surface area (Å²) >= 11 is 0. The zero-order chi connectivity index (χ0) is 7.40. The van der Waals surface area contributed by atoms with E-state index in [4.69, 9.17) is 0 Å². The van der Waals surface area contributed by atoms with E-state index >= 15 is 0 Å². The van der Waals surface area contributed by atoms with Gasteiger partial charge in [0.2, 0.25) is 6.86 Å². The average Bonchev–Trinajstić information content (AvgIpc) is 1.95. The molecule has 0 saturated carbocycles. The predicted octanol–water partition coefficient (Wildman–Crippen LogP) is 1.70. The van der Waals surface area contributed by atoms with Crippen molar-refractivity contribution >= 4 is 0 Å². The van der Waals surface area contributed by atoms with E-state index in [0.717, 1.165) is 5.69 Å². The molecule has 0 aliphatic heterocycles. The van der Waals surface area contributed by atoms with Gasteiger partial charge in [-0.3, -0.25) is 4.98 Å². The van der Waals surface area contributed by atoms with Crippen LogP contribution in [0, 0.1) is 6.92 Å². The molecule has 0 fully saturated rings. The zero-order valence-electron chi connectivity index (χ0n) is 5.67. The molecule has 0 N–H and O–H groups in total. The Labute approximate surface area is 58.7 Å². The van der Waals surface area contributed by atoms with Crippen molar-refractivity contribution in [2.75, 3.05) is 6.86 Å². The molecular formula is C7H8FNO. The maximum absolute atomic E-state index is 11.5. The van der Waals surface area contributed by atoms with Crippen LogP contribution in [0.25, 0.3) is 0 Å². The Morgan fingerprint density at radius 2 is 2.40 bits per heavy atom. The smallest absolute Gasteiger partial charge is 0.228 e. The number of ether oxygens (including phenoxy) is 1. The first-order valence-corrected chi connectivity index (χ1v) is 2.94. The van der Waals surface area contributed by atoms with Crippen molar-refractivity contribution in [2.24, 2.45) is 0 Å². The van der Waals surface area contributed by atoms with Crippen molar-refractivity contribution in [3.8, 4) is 5.75 Å². The number of alkyl halides is 1. The first kappa shape index (κ1) is 6.99. The summed E-state index contributed by atoms with van der Waals surface area (Å²) in [5.41, 5.74) is 0.895. The summed E-state index contributed by atoms with van der Waals surface area (Å²) < 4.78 is 16.1. The summed E-state index contributed by atoms with van der Waals surface area (Å²) in [6.07, 6.45) is 1.49. The third-order valence-electron chi connectivity index (χ3n) is 1.11. The third kappa shape index (κ3) is 1.69. The molecule has 1 aromatic rings. The van der Waals surface area contributed by atoms with E-state index < -0.39 is 6.86 Å². The molecule has 0 bridgehead atoms. The molecule has 54 valence electrons. The summed E-state index contributed by atoms with van der Waals surface area (Å²) in [7, 11) is 0. The maximum Gasteiger partial charge on any atom is 0.228 e. The van der Waals surface area contributed by atoms with Crippen LogP contribution in [0.2, 0.25) is 0 Å². The molecule has 1 heterocycles. The molecule has 0 aliphatic carbocycles. The monoisotopic (exact) mass is 141 g/mol. The maximum atomic E-state index is 11.5. The van der Waals surface area contributed by atoms with Gasteiger partial charge in [-0.05, 0) is 19.1 Å². The van der Waals surface area contributed by atoms with Crippen molar-refractivity contribution in [2.45, 2.75) is 6.92 Å². The molecule has 0 saturated heterocycles. The number of aryl methyl sites for hydroxylation is 1. The van der Waals surface area contributed by atoms with Crippen molar-refractivity contribution < 1.29 is 9.13 Å². The normalized spacial score (nSPS) is 9.40. The molecule has 1 rings (SSSR count). The number of halogens is 1. The molecular weight excluding hydrogens is 133 g/mol. The molecule has 0 unspecified atom stereocenters. The fourth-order valence-corrected chi connectivity index (χ4v) is 0.603. The second-order valence-electron chi connectivity index (χ2n) is 1.89. The van der Waals surface area contributed by atoms with Crippen LogP contribution in [0.5, 0.6) is 5.75 Å². The number of hydrogen-bond acceptors (Lipinski definition) is 2. The standard InChI is InChI=1S/C7H8FNO/c1-6-2-3-7(4-9-6)10-5-8/h2-4H,5H2,1H3. The highest BCUT2D eigenvalue weighted by Gasteiger charge is 1.90. The van der Waals surface area contributed by atoms with E-state index in [0.29, 0.717) is 5.75 Å². The molecule has 0 aromatic carbocycles. The Kier molecular flexibility index (Phi) is 2.20. The van der Waals surface area contributed by atoms with Crippen molar-refractivity contribution in [3.05, 3.63) is 24.0 Å². The van der Waals surface area contributed by atoms with Gasteiger partial charge in [-0.1, -0.05) is 0 Å². The minimum absolute atomic E-state index is 0.466. The number of hydrogen-bond donors (Lipinski definition) is 0. The number of nitrogens with zero attached hydrogens (tertiary/aromatic N) is 1. The van der Waals surface area contributed by atoms with Gasteiger partial charge in [-0.25, -0.2) is 4.39 Å². The molecule has 0 aliphatic rings. The topological polar surface area (TPSA) is 22.1 Å².